The summed E-state index contributed by atoms with van der Waals surface area (Å²) in [5, 5.41) is 5.35. The second-order valence-electron chi connectivity index (χ2n) is 7.04. The van der Waals surface area contributed by atoms with E-state index in [4.69, 9.17) is 4.74 Å². The maximum Gasteiger partial charge on any atom is 0.224 e. The quantitative estimate of drug-likeness (QED) is 0.753. The fourth-order valence-electron chi connectivity index (χ4n) is 3.66. The number of hydrogen-bond donors (Lipinski definition) is 1. The lowest BCUT2D eigenvalue weighted by molar-refractivity contribution is -0.121. The molecule has 1 aromatic carbocycles. The van der Waals surface area contributed by atoms with E-state index >= 15 is 0 Å². The van der Waals surface area contributed by atoms with Gasteiger partial charge in [0.2, 0.25) is 5.91 Å². The Morgan fingerprint density at radius 1 is 1.00 bits per heavy atom. The molecule has 1 fully saturated rings. The summed E-state index contributed by atoms with van der Waals surface area (Å²) in [7, 11) is 0. The molecule has 0 saturated heterocycles. The summed E-state index contributed by atoms with van der Waals surface area (Å²) in [5.41, 5.74) is 0.991. The van der Waals surface area contributed by atoms with Crippen LogP contribution in [0.25, 0.3) is 10.8 Å². The predicted octanol–water partition coefficient (Wildman–Crippen LogP) is 3.68. The normalized spacial score (nSPS) is 19.6. The van der Waals surface area contributed by atoms with Crippen molar-refractivity contribution in [3.63, 3.8) is 0 Å². The van der Waals surface area contributed by atoms with Crippen molar-refractivity contribution in [3.05, 3.63) is 66.7 Å². The number of carbonyl (C=O) groups is 1. The zero-order chi connectivity index (χ0) is 18.5. The molecule has 3 aromatic rings. The van der Waals surface area contributed by atoms with Crippen LogP contribution in [0.1, 0.15) is 31.2 Å². The number of nitrogens with zero attached hydrogens (tertiary/aromatic N) is 2. The Hall–Kier alpha value is -2.95. The maximum absolute atomic E-state index is 12.2. The molecule has 4 rings (SSSR count). The number of ether oxygens (including phenoxy) is 1. The summed E-state index contributed by atoms with van der Waals surface area (Å²) >= 11 is 0. The van der Waals surface area contributed by atoms with Crippen molar-refractivity contribution in [1.82, 2.24) is 15.3 Å². The van der Waals surface area contributed by atoms with Crippen molar-refractivity contribution in [2.75, 3.05) is 0 Å². The molecule has 1 saturated carbocycles. The molecule has 1 aliphatic carbocycles. The smallest absolute Gasteiger partial charge is 0.224 e. The van der Waals surface area contributed by atoms with Gasteiger partial charge >= 0.3 is 0 Å². The van der Waals surface area contributed by atoms with Crippen LogP contribution in [-0.4, -0.2) is 28.0 Å². The Morgan fingerprint density at radius 3 is 2.59 bits per heavy atom. The first-order valence-electron chi connectivity index (χ1n) is 9.45. The lowest BCUT2D eigenvalue weighted by Crippen LogP contribution is -2.40. The minimum atomic E-state index is 0.0760. The minimum absolute atomic E-state index is 0.0760. The zero-order valence-electron chi connectivity index (χ0n) is 15.2. The number of carbonyl (C=O) groups excluding carboxylic acids is 1. The Kier molecular flexibility index (Phi) is 5.28. The van der Waals surface area contributed by atoms with E-state index in [1.54, 1.807) is 18.6 Å². The highest BCUT2D eigenvalue weighted by molar-refractivity contribution is 5.87. The van der Waals surface area contributed by atoms with E-state index < -0.39 is 0 Å². The second-order valence-corrected chi connectivity index (χ2v) is 7.04. The van der Waals surface area contributed by atoms with E-state index in [0.717, 1.165) is 47.8 Å². The van der Waals surface area contributed by atoms with Gasteiger partial charge in [0.1, 0.15) is 5.75 Å². The van der Waals surface area contributed by atoms with Gasteiger partial charge in [0.05, 0.1) is 12.5 Å². The molecule has 138 valence electrons. The molecule has 0 radical (unpaired) electrons. The molecular weight excluding hydrogens is 338 g/mol. The van der Waals surface area contributed by atoms with Crippen molar-refractivity contribution in [1.29, 1.82) is 0 Å². The molecule has 0 spiro atoms. The van der Waals surface area contributed by atoms with E-state index in [0.29, 0.717) is 6.42 Å². The summed E-state index contributed by atoms with van der Waals surface area (Å²) in [4.78, 5) is 20.4. The number of aromatic nitrogens is 2. The lowest BCUT2D eigenvalue weighted by atomic mass is 9.92. The van der Waals surface area contributed by atoms with Crippen LogP contribution in [0, 0.1) is 0 Å². The van der Waals surface area contributed by atoms with Crippen LogP contribution in [0.3, 0.4) is 0 Å². The van der Waals surface area contributed by atoms with Gasteiger partial charge in [-0.1, -0.05) is 12.1 Å². The van der Waals surface area contributed by atoms with E-state index in [2.05, 4.69) is 15.3 Å². The first-order valence-corrected chi connectivity index (χ1v) is 9.45. The topological polar surface area (TPSA) is 64.1 Å². The third-order valence-corrected chi connectivity index (χ3v) is 5.09. The van der Waals surface area contributed by atoms with Gasteiger partial charge in [-0.15, -0.1) is 0 Å². The first-order chi connectivity index (χ1) is 13.3. The lowest BCUT2D eigenvalue weighted by Gasteiger charge is -2.30. The average Bonchev–Trinajstić information content (AvgIpc) is 2.70. The van der Waals surface area contributed by atoms with Crippen molar-refractivity contribution >= 4 is 16.7 Å². The Balaban J connectivity index is 1.29. The van der Waals surface area contributed by atoms with Gasteiger partial charge in [-0.2, -0.15) is 0 Å². The minimum Gasteiger partial charge on any atom is -0.490 e. The molecule has 1 aliphatic rings. The van der Waals surface area contributed by atoms with Gasteiger partial charge in [-0.05, 0) is 55.5 Å². The highest BCUT2D eigenvalue weighted by Crippen LogP contribution is 2.29. The summed E-state index contributed by atoms with van der Waals surface area (Å²) in [6.07, 6.45) is 11.5. The molecule has 2 heterocycles. The zero-order valence-corrected chi connectivity index (χ0v) is 15.2. The number of rotatable bonds is 5. The van der Waals surface area contributed by atoms with Gasteiger partial charge in [-0.25, -0.2) is 0 Å². The fraction of sp³-hybridized carbons (Fsp3) is 0.318. The fourth-order valence-corrected chi connectivity index (χ4v) is 3.66. The monoisotopic (exact) mass is 361 g/mol. The molecule has 0 aliphatic heterocycles. The van der Waals surface area contributed by atoms with Gasteiger partial charge < -0.3 is 10.1 Å². The number of benzene rings is 1. The van der Waals surface area contributed by atoms with Crippen LogP contribution in [-0.2, 0) is 11.2 Å². The number of amides is 1. The molecule has 5 heteroatoms. The molecule has 5 nitrogen and oxygen atoms in total. The largest absolute Gasteiger partial charge is 0.490 e. The maximum atomic E-state index is 12.2. The van der Waals surface area contributed by atoms with E-state index in [1.165, 1.54) is 0 Å². The van der Waals surface area contributed by atoms with Gasteiger partial charge in [0, 0.05) is 41.6 Å². The molecule has 1 amide bonds. The van der Waals surface area contributed by atoms with Crippen LogP contribution < -0.4 is 10.1 Å². The Labute approximate surface area is 158 Å². The van der Waals surface area contributed by atoms with Crippen molar-refractivity contribution in [3.8, 4) is 5.75 Å². The van der Waals surface area contributed by atoms with Crippen molar-refractivity contribution in [2.45, 2.75) is 44.2 Å². The summed E-state index contributed by atoms with van der Waals surface area (Å²) < 4.78 is 6.27. The van der Waals surface area contributed by atoms with Gasteiger partial charge in [0.15, 0.2) is 0 Å². The number of fused-ring (bicyclic) bond motifs is 1. The van der Waals surface area contributed by atoms with Crippen LogP contribution in [0.4, 0.5) is 0 Å². The molecule has 2 aromatic heterocycles. The van der Waals surface area contributed by atoms with Crippen LogP contribution in [0.5, 0.6) is 5.75 Å². The highest BCUT2D eigenvalue weighted by Gasteiger charge is 2.24. The SMILES string of the molecule is O=C(Cc1ccncc1)NC1CCC(Oc2cccc3cnccc23)CC1. The standard InChI is InChI=1S/C22H23N3O2/c26-22(14-16-8-11-23-12-9-16)25-18-4-6-19(7-5-18)27-21-3-1-2-17-15-24-13-10-20(17)21/h1-3,8-13,15,18-19H,4-7,14H2,(H,25,26). The number of hydrogen-bond acceptors (Lipinski definition) is 4. The molecule has 1 N–H and O–H groups in total. The molecular formula is C22H23N3O2. The van der Waals surface area contributed by atoms with Crippen LogP contribution in [0.15, 0.2) is 61.2 Å². The van der Waals surface area contributed by atoms with E-state index in [1.807, 2.05) is 42.6 Å². The second kappa shape index (κ2) is 8.16. The summed E-state index contributed by atoms with van der Waals surface area (Å²) in [6, 6.07) is 12.1. The van der Waals surface area contributed by atoms with Crippen molar-refractivity contribution in [2.24, 2.45) is 0 Å². The third kappa shape index (κ3) is 4.42. The van der Waals surface area contributed by atoms with Crippen LogP contribution in [0.2, 0.25) is 0 Å². The van der Waals surface area contributed by atoms with E-state index in [9.17, 15) is 4.79 Å². The first kappa shape index (κ1) is 17.5. The van der Waals surface area contributed by atoms with Gasteiger partial charge in [-0.3, -0.25) is 14.8 Å². The number of pyridine rings is 2. The highest BCUT2D eigenvalue weighted by atomic mass is 16.5. The Bertz CT molecular complexity index is 900. The number of nitrogens with one attached hydrogen (secondary N) is 1. The predicted molar refractivity (Wildman–Crippen MR) is 104 cm³/mol. The molecule has 0 bridgehead atoms. The summed E-state index contributed by atoms with van der Waals surface area (Å²) in [5.74, 6) is 0.993. The molecule has 0 atom stereocenters. The van der Waals surface area contributed by atoms with Crippen LogP contribution >= 0.6 is 0 Å². The van der Waals surface area contributed by atoms with Crippen molar-refractivity contribution < 1.29 is 9.53 Å². The van der Waals surface area contributed by atoms with Gasteiger partial charge in [0.25, 0.3) is 0 Å². The van der Waals surface area contributed by atoms with E-state index in [-0.39, 0.29) is 18.1 Å². The third-order valence-electron chi connectivity index (χ3n) is 5.09. The Morgan fingerprint density at radius 2 is 1.78 bits per heavy atom. The molecule has 0 unspecified atom stereocenters. The average molecular weight is 361 g/mol. The molecule has 27 heavy (non-hydrogen) atoms. The summed E-state index contributed by atoms with van der Waals surface area (Å²) in [6.45, 7) is 0.